The molecule has 2 aromatic rings. The molecule has 4 aliphatic heterocycles. The van der Waals surface area contributed by atoms with Crippen LogP contribution < -0.4 is 11.2 Å². The molecule has 0 N–H and O–H groups in total. The molecule has 0 aliphatic carbocycles. The number of halogens is 1. The van der Waals surface area contributed by atoms with Gasteiger partial charge in [0.2, 0.25) is 20.0 Å². The third-order valence-electron chi connectivity index (χ3n) is 10.9. The first-order valence-electron chi connectivity index (χ1n) is 17.5. The van der Waals surface area contributed by atoms with Crippen molar-refractivity contribution >= 4 is 36.0 Å². The van der Waals surface area contributed by atoms with Gasteiger partial charge in [0, 0.05) is 75.4 Å². The Hall–Kier alpha value is -1.95. The van der Waals surface area contributed by atoms with E-state index in [1.807, 2.05) is 0 Å². The largest absolute Gasteiger partial charge is 0.330 e. The highest BCUT2D eigenvalue weighted by Crippen LogP contribution is 2.28. The maximum absolute atomic E-state index is 12.9. The fourth-order valence-corrected chi connectivity index (χ4v) is 11.1. The van der Waals surface area contributed by atoms with E-state index in [0.717, 1.165) is 79.0 Å². The normalized spacial score (nSPS) is 22.6. The lowest BCUT2D eigenvalue weighted by atomic mass is 9.95. The zero-order valence-electron chi connectivity index (χ0n) is 29.2. The Morgan fingerprint density at radius 1 is 0.673 bits per heavy atom. The summed E-state index contributed by atoms with van der Waals surface area (Å²) in [6.07, 6.45) is 12.5. The highest BCUT2D eigenvalue weighted by Gasteiger charge is 2.35. The molecule has 4 aliphatic rings. The number of aryl methyl sites for hydroxylation is 1. The van der Waals surface area contributed by atoms with E-state index in [0.29, 0.717) is 42.7 Å². The molecule has 49 heavy (non-hydrogen) atoms. The molecule has 16 heteroatoms. The van der Waals surface area contributed by atoms with Crippen molar-refractivity contribution in [3.05, 3.63) is 50.0 Å². The smallest absolute Gasteiger partial charge is 0.302 e. The van der Waals surface area contributed by atoms with Gasteiger partial charge in [0.05, 0.1) is 0 Å². The zero-order valence-corrected chi connectivity index (χ0v) is 32.4. The second-order valence-electron chi connectivity index (χ2n) is 14.3. The van der Waals surface area contributed by atoms with Crippen LogP contribution in [0.25, 0.3) is 0 Å². The Balaban J connectivity index is 0.000000192. The van der Waals surface area contributed by atoms with Gasteiger partial charge in [-0.25, -0.2) is 21.6 Å². The molecule has 2 aromatic heterocycles. The van der Waals surface area contributed by atoms with Crippen molar-refractivity contribution < 1.29 is 16.8 Å². The first kappa shape index (κ1) is 38.3. The highest BCUT2D eigenvalue weighted by atomic mass is 79.9. The van der Waals surface area contributed by atoms with E-state index in [-0.39, 0.29) is 9.79 Å². The molecule has 0 saturated carbocycles. The van der Waals surface area contributed by atoms with Crippen LogP contribution >= 0.6 is 15.9 Å². The summed E-state index contributed by atoms with van der Waals surface area (Å²) in [5.41, 5.74) is -1.30. The minimum absolute atomic E-state index is 0.275. The van der Waals surface area contributed by atoms with Crippen molar-refractivity contribution in [2.75, 3.05) is 52.4 Å². The quantitative estimate of drug-likeness (QED) is 0.433. The van der Waals surface area contributed by atoms with Crippen LogP contribution in [0, 0.1) is 11.8 Å². The maximum atomic E-state index is 12.9. The highest BCUT2D eigenvalue weighted by molar-refractivity contribution is 9.10. The van der Waals surface area contributed by atoms with Crippen LogP contribution in [0.5, 0.6) is 0 Å². The summed E-state index contributed by atoms with van der Waals surface area (Å²) in [5, 5.41) is 0. The Morgan fingerprint density at radius 2 is 1.12 bits per heavy atom. The topological polar surface area (TPSA) is 138 Å². The summed E-state index contributed by atoms with van der Waals surface area (Å²) in [4.78, 5) is 33.1. The molecule has 0 atom stereocenters. The van der Waals surface area contributed by atoms with Crippen LogP contribution in [0.2, 0.25) is 0 Å². The lowest BCUT2D eigenvalue weighted by Gasteiger charge is -2.41. The van der Waals surface area contributed by atoms with Crippen molar-refractivity contribution in [2.45, 2.75) is 87.1 Å². The molecule has 0 radical (unpaired) electrons. The van der Waals surface area contributed by atoms with E-state index in [9.17, 15) is 26.4 Å². The average molecular weight is 787 g/mol. The summed E-state index contributed by atoms with van der Waals surface area (Å²) in [5.74, 6) is 1.60. The molecular weight excluding hydrogens is 734 g/mol. The molecule has 0 amide bonds. The Labute approximate surface area is 299 Å². The van der Waals surface area contributed by atoms with Crippen LogP contribution in [0.1, 0.15) is 65.2 Å². The molecule has 6 rings (SSSR count). The molecule has 0 unspecified atom stereocenters. The minimum atomic E-state index is -3.90. The molecular formula is C33H52BrN7O6S2. The fraction of sp³-hybridized carbons (Fsp3) is 0.727. The second-order valence-corrected chi connectivity index (χ2v) is 19.1. The van der Waals surface area contributed by atoms with Crippen molar-refractivity contribution in [1.29, 1.82) is 0 Å². The van der Waals surface area contributed by atoms with E-state index < -0.39 is 31.3 Å². The molecule has 6 heterocycles. The monoisotopic (exact) mass is 785 g/mol. The van der Waals surface area contributed by atoms with Gasteiger partial charge < -0.3 is 14.4 Å². The molecule has 274 valence electrons. The maximum Gasteiger partial charge on any atom is 0.330 e. The van der Waals surface area contributed by atoms with Crippen LogP contribution in [0.15, 0.2) is 48.5 Å². The summed E-state index contributed by atoms with van der Waals surface area (Å²) in [6.45, 7) is 11.1. The Bertz CT molecular complexity index is 1770. The van der Waals surface area contributed by atoms with Gasteiger partial charge in [-0.15, -0.1) is 0 Å². The molecule has 0 aromatic carbocycles. The van der Waals surface area contributed by atoms with E-state index in [1.54, 1.807) is 16.6 Å². The second kappa shape index (κ2) is 16.2. The van der Waals surface area contributed by atoms with E-state index in [2.05, 4.69) is 44.6 Å². The summed E-state index contributed by atoms with van der Waals surface area (Å²) in [6, 6.07) is 2.58. The van der Waals surface area contributed by atoms with E-state index >= 15 is 0 Å². The van der Waals surface area contributed by atoms with Crippen molar-refractivity contribution in [1.82, 2.24) is 32.5 Å². The van der Waals surface area contributed by atoms with Gasteiger partial charge >= 0.3 is 5.69 Å². The number of nitrogens with zero attached hydrogens (tertiary/aromatic N) is 7. The fourth-order valence-electron chi connectivity index (χ4n) is 7.46. The summed E-state index contributed by atoms with van der Waals surface area (Å²) >= 11 is 3.29. The number of piperidine rings is 4. The molecule has 4 fully saturated rings. The van der Waals surface area contributed by atoms with Crippen LogP contribution in [-0.4, -0.2) is 114 Å². The van der Waals surface area contributed by atoms with Crippen molar-refractivity contribution in [2.24, 2.45) is 25.9 Å². The number of hydrogen-bond acceptors (Lipinski definition) is 9. The van der Waals surface area contributed by atoms with Crippen molar-refractivity contribution in [3.63, 3.8) is 0 Å². The average Bonchev–Trinajstić information content (AvgIpc) is 3.10. The number of hydrogen-bond donors (Lipinski definition) is 0. The van der Waals surface area contributed by atoms with Gasteiger partial charge in [0.15, 0.2) is 4.90 Å². The summed E-state index contributed by atoms with van der Waals surface area (Å²) in [7, 11) is -4.57. The predicted octanol–water partition coefficient (Wildman–Crippen LogP) is 2.70. The number of pyridine rings is 1. The Kier molecular flexibility index (Phi) is 12.6. The number of aromatic nitrogens is 3. The molecule has 0 bridgehead atoms. The Morgan fingerprint density at radius 3 is 1.57 bits per heavy atom. The minimum Gasteiger partial charge on any atom is -0.302 e. The lowest BCUT2D eigenvalue weighted by molar-refractivity contribution is 0.101. The third-order valence-corrected chi connectivity index (χ3v) is 15.0. The van der Waals surface area contributed by atoms with Crippen LogP contribution in [-0.2, 0) is 34.1 Å². The van der Waals surface area contributed by atoms with Crippen LogP contribution in [0.3, 0.4) is 0 Å². The first-order chi connectivity index (χ1) is 23.2. The first-order valence-corrected chi connectivity index (χ1v) is 21.2. The van der Waals surface area contributed by atoms with Crippen molar-refractivity contribution in [3.8, 4) is 0 Å². The van der Waals surface area contributed by atoms with Gasteiger partial charge in [-0.2, -0.15) is 8.61 Å². The zero-order chi connectivity index (χ0) is 35.5. The molecule has 0 spiro atoms. The third kappa shape index (κ3) is 8.93. The van der Waals surface area contributed by atoms with E-state index in [4.69, 9.17) is 0 Å². The lowest BCUT2D eigenvalue weighted by Crippen LogP contribution is -2.50. The predicted molar refractivity (Wildman–Crippen MR) is 192 cm³/mol. The van der Waals surface area contributed by atoms with Gasteiger partial charge in [-0.05, 0) is 111 Å². The van der Waals surface area contributed by atoms with Gasteiger partial charge in [-0.1, -0.05) is 13.8 Å². The summed E-state index contributed by atoms with van der Waals surface area (Å²) < 4.78 is 57.0. The number of sulfonamides is 2. The van der Waals surface area contributed by atoms with Gasteiger partial charge in [0.1, 0.15) is 4.90 Å². The van der Waals surface area contributed by atoms with Gasteiger partial charge in [-0.3, -0.25) is 14.3 Å². The van der Waals surface area contributed by atoms with Gasteiger partial charge in [0.25, 0.3) is 5.56 Å². The SMILES string of the molecule is CC1CCN(C2CCN(S(=O)(=O)c3cn(C)c(=O)n(C)c3=O)CC2)CC1.CC1CCN(C2CCN(S(=O)(=O)c3cncc(Br)c3)CC2)CC1. The number of rotatable bonds is 6. The molecule has 13 nitrogen and oxygen atoms in total. The van der Waals surface area contributed by atoms with Crippen LogP contribution in [0.4, 0.5) is 0 Å². The van der Waals surface area contributed by atoms with E-state index in [1.165, 1.54) is 50.3 Å². The standard InChI is InChI=1S/C17H28N4O4S.C16H24BrN3O2S/c1-13-4-8-20(9-5-13)14-6-10-21(11-7-14)26(24,25)15-12-18(2)17(23)19(3)16(15)22;1-13-2-6-19(7-3-13)15-4-8-20(9-5-15)23(21,22)16-10-14(17)11-18-12-16/h12-14H,4-11H2,1-3H3;10-13,15H,2-9H2,1H3. The molecule has 4 saturated heterocycles. The number of likely N-dealkylation sites (tertiary alicyclic amines) is 2.